The number of nitrogens with zero attached hydrogens (tertiary/aromatic N) is 6. The Morgan fingerprint density at radius 1 is 1.16 bits per heavy atom. The molecule has 8 heteroatoms. The topological polar surface area (TPSA) is 89.9 Å². The van der Waals surface area contributed by atoms with Gasteiger partial charge in [-0.15, -0.1) is 0 Å². The molecule has 3 aromatic heterocycles. The molecule has 0 bridgehead atoms. The minimum Gasteiger partial charge on any atom is -0.340 e. The maximum atomic E-state index is 13.0. The first-order chi connectivity index (χ1) is 15.2. The Hall–Kier alpha value is -3.55. The minimum absolute atomic E-state index is 0.00372. The van der Waals surface area contributed by atoms with Crippen molar-refractivity contribution in [1.82, 2.24) is 29.6 Å². The van der Waals surface area contributed by atoms with E-state index >= 15 is 0 Å². The van der Waals surface area contributed by atoms with Gasteiger partial charge in [0.25, 0.3) is 5.91 Å². The van der Waals surface area contributed by atoms with E-state index < -0.39 is 0 Å². The molecular formula is C23H24N6O2. The van der Waals surface area contributed by atoms with Gasteiger partial charge >= 0.3 is 0 Å². The number of aromatic nitrogens is 5. The molecule has 0 saturated carbocycles. The number of imidazole rings is 1. The van der Waals surface area contributed by atoms with Gasteiger partial charge < -0.3 is 14.0 Å². The van der Waals surface area contributed by atoms with Crippen LogP contribution >= 0.6 is 0 Å². The van der Waals surface area contributed by atoms with E-state index in [1.165, 1.54) is 5.56 Å². The quantitative estimate of drug-likeness (QED) is 0.495. The number of fused-ring (bicyclic) bond motifs is 1. The largest absolute Gasteiger partial charge is 0.340 e. The molecule has 1 fully saturated rings. The lowest BCUT2D eigenvalue weighted by atomic mass is 9.96. The molecule has 1 aromatic carbocycles. The Kier molecular flexibility index (Phi) is 5.19. The zero-order chi connectivity index (χ0) is 21.2. The second-order valence-corrected chi connectivity index (χ2v) is 7.98. The summed E-state index contributed by atoms with van der Waals surface area (Å²) in [6.45, 7) is 3.92. The molecule has 0 unspecified atom stereocenters. The third-order valence-electron chi connectivity index (χ3n) is 5.88. The number of hydrogen-bond donors (Lipinski definition) is 0. The van der Waals surface area contributed by atoms with Crippen LogP contribution < -0.4 is 0 Å². The molecule has 0 N–H and O–H groups in total. The van der Waals surface area contributed by atoms with Crippen molar-refractivity contribution in [1.29, 1.82) is 0 Å². The van der Waals surface area contributed by atoms with Gasteiger partial charge in [0.15, 0.2) is 11.5 Å². The molecular weight excluding hydrogens is 392 g/mol. The summed E-state index contributed by atoms with van der Waals surface area (Å²) in [5.74, 6) is 1.56. The lowest BCUT2D eigenvalue weighted by molar-refractivity contribution is 0.0710. The number of carbonyl (C=O) groups excluding carboxylic acids is 1. The van der Waals surface area contributed by atoms with Gasteiger partial charge in [0, 0.05) is 38.7 Å². The molecule has 158 valence electrons. The summed E-state index contributed by atoms with van der Waals surface area (Å²) in [4.78, 5) is 28.2. The average Bonchev–Trinajstić information content (AvgIpc) is 3.43. The van der Waals surface area contributed by atoms with Crippen molar-refractivity contribution in [2.75, 3.05) is 13.1 Å². The van der Waals surface area contributed by atoms with Crippen molar-refractivity contribution in [2.24, 2.45) is 0 Å². The van der Waals surface area contributed by atoms with Crippen LogP contribution in [-0.2, 0) is 13.0 Å². The van der Waals surface area contributed by atoms with Crippen LogP contribution in [-0.4, -0.2) is 48.6 Å². The van der Waals surface area contributed by atoms with Gasteiger partial charge in [-0.1, -0.05) is 35.5 Å². The highest BCUT2D eigenvalue weighted by molar-refractivity contribution is 5.96. The first kappa shape index (κ1) is 19.4. The maximum Gasteiger partial charge on any atom is 0.255 e. The molecule has 0 atom stereocenters. The summed E-state index contributed by atoms with van der Waals surface area (Å²) >= 11 is 0. The Bertz CT molecular complexity index is 1190. The number of benzene rings is 1. The molecule has 5 rings (SSSR count). The fraction of sp³-hybridized carbons (Fsp3) is 0.348. The van der Waals surface area contributed by atoms with Crippen LogP contribution in [0.15, 0.2) is 53.4 Å². The van der Waals surface area contributed by atoms with Crippen molar-refractivity contribution < 1.29 is 9.32 Å². The first-order valence-corrected chi connectivity index (χ1v) is 10.6. The summed E-state index contributed by atoms with van der Waals surface area (Å²) in [5, 5.41) is 4.03. The molecule has 0 aliphatic carbocycles. The number of aryl methyl sites for hydroxylation is 3. The Morgan fingerprint density at radius 3 is 2.71 bits per heavy atom. The van der Waals surface area contributed by atoms with Crippen LogP contribution in [0.5, 0.6) is 0 Å². The van der Waals surface area contributed by atoms with Gasteiger partial charge in [-0.3, -0.25) is 4.79 Å². The SMILES string of the molecule is Cc1nc(C2CCN(C(=O)c3cnc4c(c3)ncn4CCc3ccccc3)CC2)no1. The van der Waals surface area contributed by atoms with Crippen LogP contribution in [0.1, 0.15) is 46.4 Å². The molecule has 1 aliphatic rings. The molecule has 0 spiro atoms. The third kappa shape index (κ3) is 4.05. The van der Waals surface area contributed by atoms with Crippen LogP contribution in [0.4, 0.5) is 0 Å². The van der Waals surface area contributed by atoms with E-state index in [1.807, 2.05) is 33.7 Å². The smallest absolute Gasteiger partial charge is 0.255 e. The molecule has 8 nitrogen and oxygen atoms in total. The Morgan fingerprint density at radius 2 is 1.97 bits per heavy atom. The molecule has 1 aliphatic heterocycles. The molecule has 31 heavy (non-hydrogen) atoms. The van der Waals surface area contributed by atoms with Gasteiger partial charge in [0.2, 0.25) is 5.89 Å². The standard InChI is InChI=1S/C23H24N6O2/c1-16-26-21(27-31-16)18-8-11-28(12-9-18)23(30)19-13-20-22(24-14-19)29(15-25-20)10-7-17-5-3-2-4-6-17/h2-6,13-15,18H,7-12H2,1H3. The Labute approximate surface area is 179 Å². The van der Waals surface area contributed by atoms with E-state index in [2.05, 4.69) is 32.2 Å². The fourth-order valence-electron chi connectivity index (χ4n) is 4.13. The number of carbonyl (C=O) groups is 1. The summed E-state index contributed by atoms with van der Waals surface area (Å²) < 4.78 is 7.12. The molecule has 0 radical (unpaired) electrons. The number of amides is 1. The summed E-state index contributed by atoms with van der Waals surface area (Å²) in [6, 6.07) is 12.2. The monoisotopic (exact) mass is 416 g/mol. The summed E-state index contributed by atoms with van der Waals surface area (Å²) in [7, 11) is 0. The van der Waals surface area contributed by atoms with Crippen molar-refractivity contribution in [3.05, 3.63) is 71.8 Å². The van der Waals surface area contributed by atoms with Crippen molar-refractivity contribution in [3.8, 4) is 0 Å². The van der Waals surface area contributed by atoms with Crippen LogP contribution in [0.3, 0.4) is 0 Å². The maximum absolute atomic E-state index is 13.0. The third-order valence-corrected chi connectivity index (χ3v) is 5.88. The molecule has 1 amide bonds. The lowest BCUT2D eigenvalue weighted by Crippen LogP contribution is -2.38. The molecule has 4 aromatic rings. The average molecular weight is 416 g/mol. The van der Waals surface area contributed by atoms with Crippen molar-refractivity contribution in [3.63, 3.8) is 0 Å². The van der Waals surface area contributed by atoms with Crippen LogP contribution in [0, 0.1) is 6.92 Å². The minimum atomic E-state index is -0.00372. The van der Waals surface area contributed by atoms with Crippen LogP contribution in [0.25, 0.3) is 11.2 Å². The molecule has 1 saturated heterocycles. The summed E-state index contributed by atoms with van der Waals surface area (Å²) in [6.07, 6.45) is 6.03. The Balaban J connectivity index is 1.24. The summed E-state index contributed by atoms with van der Waals surface area (Å²) in [5.41, 5.74) is 3.40. The second kappa shape index (κ2) is 8.29. The van der Waals surface area contributed by atoms with E-state index in [-0.39, 0.29) is 11.8 Å². The predicted octanol–water partition coefficient (Wildman–Crippen LogP) is 3.39. The number of likely N-dealkylation sites (tertiary alicyclic amines) is 1. The van der Waals surface area contributed by atoms with Gasteiger partial charge in [-0.2, -0.15) is 4.98 Å². The number of piperidine rings is 1. The van der Waals surface area contributed by atoms with Crippen molar-refractivity contribution >= 4 is 17.1 Å². The highest BCUT2D eigenvalue weighted by Crippen LogP contribution is 2.27. The fourth-order valence-corrected chi connectivity index (χ4v) is 4.13. The van der Waals surface area contributed by atoms with Gasteiger partial charge in [0.1, 0.15) is 5.52 Å². The van der Waals surface area contributed by atoms with Gasteiger partial charge in [-0.05, 0) is 30.9 Å². The van der Waals surface area contributed by atoms with Crippen molar-refractivity contribution in [2.45, 2.75) is 38.6 Å². The van der Waals surface area contributed by atoms with E-state index in [4.69, 9.17) is 4.52 Å². The highest BCUT2D eigenvalue weighted by Gasteiger charge is 2.27. The normalized spacial score (nSPS) is 14.9. The highest BCUT2D eigenvalue weighted by atomic mass is 16.5. The van der Waals surface area contributed by atoms with Gasteiger partial charge in [-0.25, -0.2) is 9.97 Å². The number of pyridine rings is 1. The van der Waals surface area contributed by atoms with E-state index in [0.29, 0.717) is 24.5 Å². The predicted molar refractivity (Wildman–Crippen MR) is 115 cm³/mol. The van der Waals surface area contributed by atoms with E-state index in [1.54, 1.807) is 19.4 Å². The zero-order valence-corrected chi connectivity index (χ0v) is 17.4. The lowest BCUT2D eigenvalue weighted by Gasteiger charge is -2.30. The van der Waals surface area contributed by atoms with E-state index in [0.717, 1.165) is 42.8 Å². The second-order valence-electron chi connectivity index (χ2n) is 7.98. The number of hydrogen-bond acceptors (Lipinski definition) is 6. The first-order valence-electron chi connectivity index (χ1n) is 10.6. The van der Waals surface area contributed by atoms with E-state index in [9.17, 15) is 4.79 Å². The van der Waals surface area contributed by atoms with Gasteiger partial charge in [0.05, 0.1) is 11.9 Å². The van der Waals surface area contributed by atoms with Crippen LogP contribution in [0.2, 0.25) is 0 Å². The zero-order valence-electron chi connectivity index (χ0n) is 17.4. The molecule has 4 heterocycles. The number of rotatable bonds is 5.